The second kappa shape index (κ2) is 5.95. The first kappa shape index (κ1) is 13.7. The zero-order chi connectivity index (χ0) is 13.8. The molecule has 2 aromatic rings. The van der Waals surface area contributed by atoms with Crippen LogP contribution in [0.4, 0.5) is 5.13 Å². The lowest BCUT2D eigenvalue weighted by Crippen LogP contribution is -2.13. The van der Waals surface area contributed by atoms with E-state index >= 15 is 0 Å². The smallest absolute Gasteiger partial charge is 0.257 e. The summed E-state index contributed by atoms with van der Waals surface area (Å²) in [5.41, 5.74) is 2.69. The quantitative estimate of drug-likeness (QED) is 0.933. The van der Waals surface area contributed by atoms with E-state index in [0.717, 1.165) is 17.8 Å². The van der Waals surface area contributed by atoms with Crippen molar-refractivity contribution in [2.24, 2.45) is 0 Å². The number of benzene rings is 1. The van der Waals surface area contributed by atoms with Gasteiger partial charge in [-0.3, -0.25) is 10.1 Å². The lowest BCUT2D eigenvalue weighted by molar-refractivity contribution is 0.102. The van der Waals surface area contributed by atoms with Gasteiger partial charge in [0.1, 0.15) is 0 Å². The van der Waals surface area contributed by atoms with Crippen LogP contribution in [0.2, 0.25) is 0 Å². The van der Waals surface area contributed by atoms with Crippen LogP contribution in [0.1, 0.15) is 21.6 Å². The molecule has 0 unspecified atom stereocenters. The van der Waals surface area contributed by atoms with Crippen molar-refractivity contribution < 1.29 is 4.79 Å². The molecule has 0 aliphatic heterocycles. The van der Waals surface area contributed by atoms with Crippen LogP contribution in [0.3, 0.4) is 0 Å². The SMILES string of the molecule is Cc1cccc(C(=O)Nc2nc(CN(C)C)cs2)c1. The summed E-state index contributed by atoms with van der Waals surface area (Å²) in [7, 11) is 3.98. The predicted octanol–water partition coefficient (Wildman–Crippen LogP) is 2.77. The van der Waals surface area contributed by atoms with Crippen LogP contribution in [-0.2, 0) is 6.54 Å². The third kappa shape index (κ3) is 3.87. The van der Waals surface area contributed by atoms with Gasteiger partial charge in [-0.25, -0.2) is 4.98 Å². The Labute approximate surface area is 117 Å². The summed E-state index contributed by atoms with van der Waals surface area (Å²) < 4.78 is 0. The largest absolute Gasteiger partial charge is 0.304 e. The number of nitrogens with zero attached hydrogens (tertiary/aromatic N) is 2. The maximum atomic E-state index is 12.0. The minimum Gasteiger partial charge on any atom is -0.304 e. The molecule has 0 saturated heterocycles. The second-order valence-electron chi connectivity index (χ2n) is 4.71. The van der Waals surface area contributed by atoms with Gasteiger partial charge in [0, 0.05) is 17.5 Å². The highest BCUT2D eigenvalue weighted by Gasteiger charge is 2.09. The summed E-state index contributed by atoms with van der Waals surface area (Å²) >= 11 is 1.45. The molecule has 19 heavy (non-hydrogen) atoms. The first-order chi connectivity index (χ1) is 9.04. The van der Waals surface area contributed by atoms with E-state index in [1.165, 1.54) is 11.3 Å². The average Bonchev–Trinajstić information content (AvgIpc) is 2.75. The summed E-state index contributed by atoms with van der Waals surface area (Å²) in [6.07, 6.45) is 0. The highest BCUT2D eigenvalue weighted by Crippen LogP contribution is 2.17. The second-order valence-corrected chi connectivity index (χ2v) is 5.56. The number of anilines is 1. The fraction of sp³-hybridized carbons (Fsp3) is 0.286. The standard InChI is InChI=1S/C14H17N3OS/c1-10-5-4-6-11(7-10)13(18)16-14-15-12(9-19-14)8-17(2)3/h4-7,9H,8H2,1-3H3,(H,15,16,18). The number of rotatable bonds is 4. The van der Waals surface area contributed by atoms with Crippen LogP contribution < -0.4 is 5.32 Å². The van der Waals surface area contributed by atoms with Gasteiger partial charge >= 0.3 is 0 Å². The Bertz CT molecular complexity index is 578. The minimum atomic E-state index is -0.116. The molecule has 0 saturated carbocycles. The number of aryl methyl sites for hydroxylation is 1. The molecule has 0 aliphatic rings. The van der Waals surface area contributed by atoms with Gasteiger partial charge in [-0.1, -0.05) is 17.7 Å². The molecular weight excluding hydrogens is 258 g/mol. The Balaban J connectivity index is 2.05. The van der Waals surface area contributed by atoms with E-state index in [1.54, 1.807) is 6.07 Å². The highest BCUT2D eigenvalue weighted by molar-refractivity contribution is 7.13. The Morgan fingerprint density at radius 3 is 2.89 bits per heavy atom. The Hall–Kier alpha value is -1.72. The van der Waals surface area contributed by atoms with Crippen molar-refractivity contribution in [3.63, 3.8) is 0 Å². The maximum Gasteiger partial charge on any atom is 0.257 e. The number of hydrogen-bond acceptors (Lipinski definition) is 4. The summed E-state index contributed by atoms with van der Waals surface area (Å²) in [5, 5.41) is 5.44. The molecule has 1 amide bonds. The number of aromatic nitrogens is 1. The summed E-state index contributed by atoms with van der Waals surface area (Å²) in [5.74, 6) is -0.116. The van der Waals surface area contributed by atoms with Crippen LogP contribution in [0.5, 0.6) is 0 Å². The fourth-order valence-electron chi connectivity index (χ4n) is 1.72. The van der Waals surface area contributed by atoms with Crippen LogP contribution in [0.25, 0.3) is 0 Å². The van der Waals surface area contributed by atoms with Gasteiger partial charge < -0.3 is 4.90 Å². The molecule has 1 aromatic heterocycles. The van der Waals surface area contributed by atoms with Gasteiger partial charge in [-0.2, -0.15) is 0 Å². The van der Waals surface area contributed by atoms with Crippen molar-refractivity contribution in [3.8, 4) is 0 Å². The molecule has 100 valence electrons. The van der Waals surface area contributed by atoms with Gasteiger partial charge in [-0.05, 0) is 33.2 Å². The molecule has 1 N–H and O–H groups in total. The molecule has 1 heterocycles. The molecule has 5 heteroatoms. The van der Waals surface area contributed by atoms with Crippen LogP contribution in [0, 0.1) is 6.92 Å². The summed E-state index contributed by atoms with van der Waals surface area (Å²) in [6, 6.07) is 7.51. The molecule has 4 nitrogen and oxygen atoms in total. The number of hydrogen-bond donors (Lipinski definition) is 1. The lowest BCUT2D eigenvalue weighted by atomic mass is 10.1. The highest BCUT2D eigenvalue weighted by atomic mass is 32.1. The lowest BCUT2D eigenvalue weighted by Gasteiger charge is -2.05. The van der Waals surface area contributed by atoms with E-state index in [9.17, 15) is 4.79 Å². The number of carbonyl (C=O) groups excluding carboxylic acids is 1. The normalized spacial score (nSPS) is 10.7. The van der Waals surface area contributed by atoms with E-state index in [1.807, 2.05) is 49.5 Å². The van der Waals surface area contributed by atoms with Crippen molar-refractivity contribution in [1.82, 2.24) is 9.88 Å². The number of amides is 1. The zero-order valence-corrected chi connectivity index (χ0v) is 12.1. The van der Waals surface area contributed by atoms with Crippen LogP contribution in [-0.4, -0.2) is 29.9 Å². The van der Waals surface area contributed by atoms with Crippen molar-refractivity contribution in [3.05, 3.63) is 46.5 Å². The molecule has 0 aliphatic carbocycles. The van der Waals surface area contributed by atoms with Crippen molar-refractivity contribution >= 4 is 22.4 Å². The van der Waals surface area contributed by atoms with Crippen molar-refractivity contribution in [2.75, 3.05) is 19.4 Å². The molecule has 0 bridgehead atoms. The number of nitrogens with one attached hydrogen (secondary N) is 1. The first-order valence-electron chi connectivity index (χ1n) is 6.02. The molecule has 0 spiro atoms. The number of thiazole rings is 1. The van der Waals surface area contributed by atoms with Gasteiger partial charge in [0.25, 0.3) is 5.91 Å². The minimum absolute atomic E-state index is 0.116. The third-order valence-corrected chi connectivity index (χ3v) is 3.34. The van der Waals surface area contributed by atoms with E-state index in [0.29, 0.717) is 10.7 Å². The Morgan fingerprint density at radius 1 is 1.42 bits per heavy atom. The number of carbonyl (C=O) groups is 1. The predicted molar refractivity (Wildman–Crippen MR) is 78.6 cm³/mol. The van der Waals surface area contributed by atoms with E-state index in [4.69, 9.17) is 0 Å². The topological polar surface area (TPSA) is 45.2 Å². The third-order valence-electron chi connectivity index (χ3n) is 2.53. The molecule has 2 rings (SSSR count). The molecule has 0 fully saturated rings. The fourth-order valence-corrected chi connectivity index (χ4v) is 2.41. The van der Waals surface area contributed by atoms with Gasteiger partial charge in [0.2, 0.25) is 0 Å². The van der Waals surface area contributed by atoms with Gasteiger partial charge in [-0.15, -0.1) is 11.3 Å². The van der Waals surface area contributed by atoms with Gasteiger partial charge in [0.15, 0.2) is 5.13 Å². The Kier molecular flexibility index (Phi) is 4.29. The zero-order valence-electron chi connectivity index (χ0n) is 11.3. The first-order valence-corrected chi connectivity index (χ1v) is 6.90. The van der Waals surface area contributed by atoms with E-state index < -0.39 is 0 Å². The monoisotopic (exact) mass is 275 g/mol. The van der Waals surface area contributed by atoms with Crippen molar-refractivity contribution in [1.29, 1.82) is 0 Å². The molecule has 1 aromatic carbocycles. The van der Waals surface area contributed by atoms with Crippen LogP contribution >= 0.6 is 11.3 Å². The molecule has 0 atom stereocenters. The maximum absolute atomic E-state index is 12.0. The van der Waals surface area contributed by atoms with E-state index in [2.05, 4.69) is 10.3 Å². The Morgan fingerprint density at radius 2 is 2.21 bits per heavy atom. The average molecular weight is 275 g/mol. The van der Waals surface area contributed by atoms with Crippen molar-refractivity contribution in [2.45, 2.75) is 13.5 Å². The van der Waals surface area contributed by atoms with Crippen LogP contribution in [0.15, 0.2) is 29.6 Å². The molecular formula is C14H17N3OS. The van der Waals surface area contributed by atoms with E-state index in [-0.39, 0.29) is 5.91 Å². The summed E-state index contributed by atoms with van der Waals surface area (Å²) in [6.45, 7) is 2.74. The molecule has 0 radical (unpaired) electrons. The summed E-state index contributed by atoms with van der Waals surface area (Å²) in [4.78, 5) is 18.5. The van der Waals surface area contributed by atoms with Gasteiger partial charge in [0.05, 0.1) is 5.69 Å².